The van der Waals surface area contributed by atoms with Crippen molar-refractivity contribution >= 4 is 58.9 Å². The van der Waals surface area contributed by atoms with Crippen molar-refractivity contribution in [1.29, 1.82) is 0 Å². The SMILES string of the molecule is CCOP(=O)(NS(=O)(=O)c1ccc(-n2cnc(Cl)c2-c2ccc(OC)c(F)c2)cc1)OCC.[Na]. The van der Waals surface area contributed by atoms with Crippen LogP contribution in [-0.4, -0.2) is 67.8 Å². The standard InChI is InChI=1S/C20H22ClFN3O6PS.Na/c1-4-30-32(26,31-5-2)24-33(27,28)16-9-7-15(8-10-16)25-13-23-20(21)19(25)14-6-11-18(29-3)17(22)12-14;/h6-13H,4-5H2,1-3H3,(H,24,26);. The normalized spacial score (nSPS) is 11.8. The first-order chi connectivity index (χ1) is 15.6. The van der Waals surface area contributed by atoms with Gasteiger partial charge in [-0.3, -0.25) is 13.6 Å². The Hall–Kier alpha value is -1.27. The van der Waals surface area contributed by atoms with Crippen LogP contribution in [0.2, 0.25) is 5.15 Å². The van der Waals surface area contributed by atoms with Crippen LogP contribution in [0.3, 0.4) is 0 Å². The molecule has 0 spiro atoms. The van der Waals surface area contributed by atoms with E-state index in [1.54, 1.807) is 24.5 Å². The third-order valence-corrected chi connectivity index (χ3v) is 8.62. The monoisotopic (exact) mass is 540 g/mol. The molecule has 34 heavy (non-hydrogen) atoms. The zero-order valence-electron chi connectivity index (χ0n) is 19.0. The Kier molecular flexibility index (Phi) is 10.3. The number of imidazole rings is 1. The number of nitrogens with zero attached hydrogens (tertiary/aromatic N) is 2. The molecule has 0 unspecified atom stereocenters. The second-order valence-corrected chi connectivity index (χ2v) is 10.6. The summed E-state index contributed by atoms with van der Waals surface area (Å²) in [7, 11) is -6.90. The van der Waals surface area contributed by atoms with Crippen molar-refractivity contribution in [2.45, 2.75) is 18.7 Å². The number of benzene rings is 2. The summed E-state index contributed by atoms with van der Waals surface area (Å²) in [6.07, 6.45) is 1.43. The van der Waals surface area contributed by atoms with Crippen LogP contribution in [0.4, 0.5) is 4.39 Å². The first-order valence-electron chi connectivity index (χ1n) is 9.74. The van der Waals surface area contributed by atoms with E-state index in [2.05, 4.69) is 4.98 Å². The molecule has 1 aromatic heterocycles. The number of nitrogens with one attached hydrogen (secondary N) is 1. The quantitative estimate of drug-likeness (QED) is 0.299. The zero-order valence-corrected chi connectivity index (χ0v) is 23.5. The van der Waals surface area contributed by atoms with Crippen molar-refractivity contribution in [3.05, 3.63) is 59.8 Å². The van der Waals surface area contributed by atoms with Crippen LogP contribution >= 0.6 is 19.3 Å². The van der Waals surface area contributed by atoms with E-state index < -0.39 is 23.6 Å². The van der Waals surface area contributed by atoms with Crippen molar-refractivity contribution in [3.8, 4) is 22.7 Å². The summed E-state index contributed by atoms with van der Waals surface area (Å²) in [5, 5.41) is 0.132. The average molecular weight is 541 g/mol. The van der Waals surface area contributed by atoms with Gasteiger partial charge in [0, 0.05) is 40.8 Å². The van der Waals surface area contributed by atoms with Crippen molar-refractivity contribution in [1.82, 2.24) is 14.0 Å². The van der Waals surface area contributed by atoms with Gasteiger partial charge in [0.1, 0.15) is 6.33 Å². The van der Waals surface area contributed by atoms with E-state index in [1.807, 2.05) is 4.49 Å². The van der Waals surface area contributed by atoms with Crippen molar-refractivity contribution < 1.29 is 31.2 Å². The molecule has 3 rings (SSSR count). The topological polar surface area (TPSA) is 109 Å². The molecule has 0 fully saturated rings. The predicted molar refractivity (Wildman–Crippen MR) is 127 cm³/mol. The molecule has 3 aromatic rings. The van der Waals surface area contributed by atoms with E-state index in [0.717, 1.165) is 0 Å². The van der Waals surface area contributed by atoms with Crippen molar-refractivity contribution in [3.63, 3.8) is 0 Å². The van der Waals surface area contributed by atoms with Gasteiger partial charge in [-0.05, 0) is 56.3 Å². The molecule has 9 nitrogen and oxygen atoms in total. The fourth-order valence-corrected chi connectivity index (χ4v) is 6.52. The molecule has 2 aromatic carbocycles. The molecular weight excluding hydrogens is 519 g/mol. The maximum Gasteiger partial charge on any atom is 0.419 e. The van der Waals surface area contributed by atoms with Crippen LogP contribution in [0.25, 0.3) is 16.9 Å². The van der Waals surface area contributed by atoms with E-state index in [1.165, 1.54) is 49.8 Å². The summed E-state index contributed by atoms with van der Waals surface area (Å²) in [6, 6.07) is 9.99. The Labute approximate surface area is 224 Å². The second kappa shape index (κ2) is 12.1. The largest absolute Gasteiger partial charge is 0.494 e. The molecular formula is C20H22ClFN3NaO6PS. The second-order valence-electron chi connectivity index (χ2n) is 6.52. The van der Waals surface area contributed by atoms with E-state index in [0.29, 0.717) is 16.9 Å². The van der Waals surface area contributed by atoms with Gasteiger partial charge >= 0.3 is 7.75 Å². The van der Waals surface area contributed by atoms with Gasteiger partial charge in [0.15, 0.2) is 16.7 Å². The van der Waals surface area contributed by atoms with Crippen LogP contribution in [0.15, 0.2) is 53.7 Å². The average Bonchev–Trinajstić information content (AvgIpc) is 3.15. The molecule has 1 N–H and O–H groups in total. The van der Waals surface area contributed by atoms with E-state index >= 15 is 0 Å². The minimum Gasteiger partial charge on any atom is -0.494 e. The maximum atomic E-state index is 14.2. The Bertz CT molecular complexity index is 1280. The van der Waals surface area contributed by atoms with Gasteiger partial charge in [-0.15, -0.1) is 4.49 Å². The third kappa shape index (κ3) is 6.48. The van der Waals surface area contributed by atoms with Gasteiger partial charge in [0.05, 0.1) is 30.9 Å². The zero-order chi connectivity index (χ0) is 24.2. The molecule has 179 valence electrons. The molecule has 0 amide bonds. The fourth-order valence-electron chi connectivity index (χ4n) is 3.01. The number of rotatable bonds is 10. The smallest absolute Gasteiger partial charge is 0.419 e. The van der Waals surface area contributed by atoms with Crippen LogP contribution in [-0.2, 0) is 23.6 Å². The van der Waals surface area contributed by atoms with Gasteiger partial charge < -0.3 is 4.74 Å². The molecule has 0 atom stereocenters. The van der Waals surface area contributed by atoms with Crippen molar-refractivity contribution in [2.75, 3.05) is 20.3 Å². The fraction of sp³-hybridized carbons (Fsp3) is 0.250. The first kappa shape index (κ1) is 29.0. The summed E-state index contributed by atoms with van der Waals surface area (Å²) in [5.41, 5.74) is 1.37. The van der Waals surface area contributed by atoms with E-state index in [-0.39, 0.29) is 58.6 Å². The molecule has 1 radical (unpaired) electrons. The number of sulfonamides is 1. The molecule has 1 heterocycles. The molecule has 0 saturated heterocycles. The minimum atomic E-state index is -4.21. The Balaban J connectivity index is 0.00000408. The van der Waals surface area contributed by atoms with Gasteiger partial charge in [0.2, 0.25) is 10.0 Å². The summed E-state index contributed by atoms with van der Waals surface area (Å²) in [5.74, 6) is -0.487. The Morgan fingerprint density at radius 2 is 1.74 bits per heavy atom. The molecule has 0 aliphatic carbocycles. The maximum absolute atomic E-state index is 14.2. The third-order valence-electron chi connectivity index (χ3n) is 4.40. The number of halogens is 2. The van der Waals surface area contributed by atoms with Gasteiger partial charge in [0.25, 0.3) is 0 Å². The predicted octanol–water partition coefficient (Wildman–Crippen LogP) is 4.42. The van der Waals surface area contributed by atoms with E-state index in [4.69, 9.17) is 25.4 Å². The van der Waals surface area contributed by atoms with Crippen LogP contribution in [0.5, 0.6) is 5.75 Å². The molecule has 0 aliphatic rings. The van der Waals surface area contributed by atoms with Crippen LogP contribution < -0.4 is 9.23 Å². The Morgan fingerprint density at radius 1 is 1.12 bits per heavy atom. The van der Waals surface area contributed by atoms with Crippen LogP contribution in [0.1, 0.15) is 13.8 Å². The molecule has 0 aliphatic heterocycles. The van der Waals surface area contributed by atoms with E-state index in [9.17, 15) is 17.4 Å². The van der Waals surface area contributed by atoms with Gasteiger partial charge in [-0.2, -0.15) is 0 Å². The summed E-state index contributed by atoms with van der Waals surface area (Å²) >= 11 is 6.24. The number of methoxy groups -OCH3 is 1. The van der Waals surface area contributed by atoms with Crippen molar-refractivity contribution in [2.24, 2.45) is 0 Å². The molecule has 0 saturated carbocycles. The summed E-state index contributed by atoms with van der Waals surface area (Å²) < 4.78 is 70.7. The number of hydrogen-bond acceptors (Lipinski definition) is 7. The number of hydrogen-bond donors (Lipinski definition) is 1. The van der Waals surface area contributed by atoms with Gasteiger partial charge in [-0.25, -0.2) is 22.4 Å². The first-order valence-corrected chi connectivity index (χ1v) is 13.1. The number of ether oxygens (including phenoxy) is 1. The minimum absolute atomic E-state index is 0. The molecule has 14 heteroatoms. The number of aromatic nitrogens is 2. The summed E-state index contributed by atoms with van der Waals surface area (Å²) in [6.45, 7) is 3.12. The molecule has 0 bridgehead atoms. The van der Waals surface area contributed by atoms with Crippen LogP contribution in [0, 0.1) is 5.82 Å². The van der Waals surface area contributed by atoms with Gasteiger partial charge in [-0.1, -0.05) is 11.6 Å². The Morgan fingerprint density at radius 3 is 2.26 bits per heavy atom. The summed E-state index contributed by atoms with van der Waals surface area (Å²) in [4.78, 5) is 3.92.